The highest BCUT2D eigenvalue weighted by atomic mass is 32.2. The Hall–Kier alpha value is -3.02. The monoisotopic (exact) mass is 365 g/mol. The molecule has 3 aromatic rings. The topological polar surface area (TPSA) is 77.2 Å². The number of carbonyl (C=O) groups excluding carboxylic acids is 1. The average molecular weight is 365 g/mol. The van der Waals surface area contributed by atoms with Crippen molar-refractivity contribution in [3.05, 3.63) is 108 Å². The van der Waals surface area contributed by atoms with Gasteiger partial charge in [0, 0.05) is 5.56 Å². The molecule has 0 aliphatic rings. The highest BCUT2D eigenvalue weighted by molar-refractivity contribution is 7.89. The van der Waals surface area contributed by atoms with E-state index >= 15 is 0 Å². The number of rotatable bonds is 4. The lowest BCUT2D eigenvalue weighted by Gasteiger charge is -1.94. The number of primary sulfonamides is 1. The van der Waals surface area contributed by atoms with Gasteiger partial charge in [0.25, 0.3) is 0 Å². The van der Waals surface area contributed by atoms with E-state index in [1.807, 2.05) is 66.7 Å². The van der Waals surface area contributed by atoms with Crippen LogP contribution in [0.4, 0.5) is 0 Å². The molecule has 0 spiro atoms. The largest absolute Gasteiger partial charge is 0.289 e. The SMILES string of the molecule is NS(=O)(=O)c1ccccc1.O=C(C=Cc1ccccc1)c1ccccc1. The number of hydrogen-bond donors (Lipinski definition) is 1. The van der Waals surface area contributed by atoms with E-state index < -0.39 is 10.0 Å². The molecule has 4 nitrogen and oxygen atoms in total. The van der Waals surface area contributed by atoms with Gasteiger partial charge in [-0.15, -0.1) is 0 Å². The summed E-state index contributed by atoms with van der Waals surface area (Å²) in [5.74, 6) is 0.0319. The van der Waals surface area contributed by atoms with Crippen molar-refractivity contribution in [2.75, 3.05) is 0 Å². The van der Waals surface area contributed by atoms with Crippen LogP contribution in [0.2, 0.25) is 0 Å². The van der Waals surface area contributed by atoms with Crippen molar-refractivity contribution in [2.24, 2.45) is 5.14 Å². The summed E-state index contributed by atoms with van der Waals surface area (Å²) in [6.45, 7) is 0. The third kappa shape index (κ3) is 6.47. The Labute approximate surface area is 153 Å². The minimum absolute atomic E-state index is 0.0319. The summed E-state index contributed by atoms with van der Waals surface area (Å²) in [6, 6.07) is 26.9. The van der Waals surface area contributed by atoms with Gasteiger partial charge in [0.05, 0.1) is 4.90 Å². The summed E-state index contributed by atoms with van der Waals surface area (Å²) in [5.41, 5.74) is 1.75. The van der Waals surface area contributed by atoms with Crippen molar-refractivity contribution in [1.82, 2.24) is 0 Å². The molecule has 3 aromatic carbocycles. The van der Waals surface area contributed by atoms with Crippen LogP contribution in [0.5, 0.6) is 0 Å². The van der Waals surface area contributed by atoms with Crippen molar-refractivity contribution in [2.45, 2.75) is 4.90 Å². The number of nitrogens with two attached hydrogens (primary N) is 1. The second-order valence-electron chi connectivity index (χ2n) is 5.33. The Morgan fingerprint density at radius 2 is 1.19 bits per heavy atom. The lowest BCUT2D eigenvalue weighted by molar-refractivity contribution is 0.104. The van der Waals surface area contributed by atoms with E-state index in [0.29, 0.717) is 0 Å². The molecule has 0 saturated carbocycles. The number of carbonyl (C=O) groups is 1. The molecule has 132 valence electrons. The van der Waals surface area contributed by atoms with Crippen molar-refractivity contribution in [3.63, 3.8) is 0 Å². The lowest BCUT2D eigenvalue weighted by Crippen LogP contribution is -2.11. The second-order valence-corrected chi connectivity index (χ2v) is 6.89. The fourth-order valence-corrected chi connectivity index (χ4v) is 2.58. The average Bonchev–Trinajstić information content (AvgIpc) is 2.68. The molecular weight excluding hydrogens is 346 g/mol. The highest BCUT2D eigenvalue weighted by Gasteiger charge is 2.03. The summed E-state index contributed by atoms with van der Waals surface area (Å²) in [7, 11) is -3.50. The highest BCUT2D eigenvalue weighted by Crippen LogP contribution is 2.05. The van der Waals surface area contributed by atoms with Gasteiger partial charge >= 0.3 is 0 Å². The zero-order valence-electron chi connectivity index (χ0n) is 14.0. The van der Waals surface area contributed by atoms with E-state index in [2.05, 4.69) is 0 Å². The molecule has 0 amide bonds. The van der Waals surface area contributed by atoms with Crippen LogP contribution in [0.1, 0.15) is 15.9 Å². The van der Waals surface area contributed by atoms with E-state index in [-0.39, 0.29) is 10.7 Å². The summed E-state index contributed by atoms with van der Waals surface area (Å²) in [4.78, 5) is 11.9. The van der Waals surface area contributed by atoms with E-state index in [4.69, 9.17) is 5.14 Å². The van der Waals surface area contributed by atoms with Gasteiger partial charge in [-0.05, 0) is 23.8 Å². The number of ketones is 1. The molecule has 26 heavy (non-hydrogen) atoms. The molecule has 0 saturated heterocycles. The van der Waals surface area contributed by atoms with Gasteiger partial charge in [-0.2, -0.15) is 0 Å². The predicted octanol–water partition coefficient (Wildman–Crippen LogP) is 3.92. The first kappa shape index (κ1) is 19.3. The van der Waals surface area contributed by atoms with Crippen LogP contribution in [-0.2, 0) is 10.0 Å². The maximum Gasteiger partial charge on any atom is 0.238 e. The molecule has 0 radical (unpaired) electrons. The molecule has 0 atom stereocenters. The summed E-state index contributed by atoms with van der Waals surface area (Å²) in [5, 5.41) is 4.83. The maximum atomic E-state index is 11.7. The van der Waals surface area contributed by atoms with Crippen LogP contribution in [-0.4, -0.2) is 14.2 Å². The number of sulfonamides is 1. The van der Waals surface area contributed by atoms with Crippen LogP contribution < -0.4 is 5.14 Å². The molecule has 0 bridgehead atoms. The lowest BCUT2D eigenvalue weighted by atomic mass is 10.1. The van der Waals surface area contributed by atoms with Crippen molar-refractivity contribution in [1.29, 1.82) is 0 Å². The first-order valence-corrected chi connectivity index (χ1v) is 9.42. The Balaban J connectivity index is 0.000000209. The summed E-state index contributed by atoms with van der Waals surface area (Å²) in [6.07, 6.45) is 3.43. The van der Waals surface area contributed by atoms with Crippen LogP contribution in [0.15, 0.2) is 102 Å². The number of hydrogen-bond acceptors (Lipinski definition) is 3. The van der Waals surface area contributed by atoms with Crippen LogP contribution in [0.3, 0.4) is 0 Å². The standard InChI is InChI=1S/C15H12O.C6H7NO2S/c16-15(14-9-5-2-6-10-14)12-11-13-7-3-1-4-8-13;7-10(8,9)6-4-2-1-3-5-6/h1-12H;1-5H,(H2,7,8,9). The van der Waals surface area contributed by atoms with Gasteiger partial charge in [-0.1, -0.05) is 84.9 Å². The number of benzene rings is 3. The van der Waals surface area contributed by atoms with Crippen molar-refractivity contribution < 1.29 is 13.2 Å². The molecule has 2 N–H and O–H groups in total. The Morgan fingerprint density at radius 3 is 1.65 bits per heavy atom. The molecule has 5 heteroatoms. The van der Waals surface area contributed by atoms with E-state index in [1.54, 1.807) is 24.3 Å². The fourth-order valence-electron chi connectivity index (χ4n) is 2.04. The van der Waals surface area contributed by atoms with Gasteiger partial charge in [0.2, 0.25) is 10.0 Å². The summed E-state index contributed by atoms with van der Waals surface area (Å²) >= 11 is 0. The molecule has 0 aliphatic carbocycles. The van der Waals surface area contributed by atoms with E-state index in [1.165, 1.54) is 12.1 Å². The third-order valence-corrected chi connectivity index (χ3v) is 4.29. The Kier molecular flexibility index (Phi) is 7.02. The van der Waals surface area contributed by atoms with Crippen molar-refractivity contribution >= 4 is 21.9 Å². The van der Waals surface area contributed by atoms with E-state index in [0.717, 1.165) is 11.1 Å². The van der Waals surface area contributed by atoms with Gasteiger partial charge in [0.1, 0.15) is 0 Å². The first-order chi connectivity index (χ1) is 12.5. The molecule has 3 rings (SSSR count). The minimum atomic E-state index is -3.50. The maximum absolute atomic E-state index is 11.7. The molecule has 0 fully saturated rings. The van der Waals surface area contributed by atoms with Gasteiger partial charge in [0.15, 0.2) is 5.78 Å². The third-order valence-electron chi connectivity index (χ3n) is 3.36. The molecule has 0 heterocycles. The van der Waals surface area contributed by atoms with Crippen LogP contribution in [0.25, 0.3) is 6.08 Å². The van der Waals surface area contributed by atoms with Crippen LogP contribution >= 0.6 is 0 Å². The number of allylic oxidation sites excluding steroid dienone is 1. The van der Waals surface area contributed by atoms with E-state index in [9.17, 15) is 13.2 Å². The quantitative estimate of drug-likeness (QED) is 0.562. The Bertz CT molecular complexity index is 952. The second kappa shape index (κ2) is 9.46. The first-order valence-electron chi connectivity index (χ1n) is 7.87. The normalized spacial score (nSPS) is 10.8. The molecular formula is C21H19NO3S. The molecule has 0 aromatic heterocycles. The fraction of sp³-hybridized carbons (Fsp3) is 0. The Morgan fingerprint density at radius 1 is 0.731 bits per heavy atom. The smallest absolute Gasteiger partial charge is 0.238 e. The predicted molar refractivity (Wildman–Crippen MR) is 104 cm³/mol. The molecule has 0 aliphatic heterocycles. The zero-order chi connectivity index (χ0) is 18.8. The van der Waals surface area contributed by atoms with Gasteiger partial charge in [-0.3, -0.25) is 4.79 Å². The van der Waals surface area contributed by atoms with Gasteiger partial charge < -0.3 is 0 Å². The molecule has 0 unspecified atom stereocenters. The summed E-state index contributed by atoms with van der Waals surface area (Å²) < 4.78 is 21.2. The van der Waals surface area contributed by atoms with Crippen molar-refractivity contribution in [3.8, 4) is 0 Å². The zero-order valence-corrected chi connectivity index (χ0v) is 14.8. The minimum Gasteiger partial charge on any atom is -0.289 e. The van der Waals surface area contributed by atoms with Crippen LogP contribution in [0, 0.1) is 0 Å². The van der Waals surface area contributed by atoms with Gasteiger partial charge in [-0.25, -0.2) is 13.6 Å².